The van der Waals surface area contributed by atoms with Gasteiger partial charge in [-0.15, -0.1) is 0 Å². The third kappa shape index (κ3) is 3.10. The van der Waals surface area contributed by atoms with Crippen molar-refractivity contribution in [2.75, 3.05) is 6.61 Å². The number of hydrogen-bond acceptors (Lipinski definition) is 4. The van der Waals surface area contributed by atoms with Crippen LogP contribution in [0.5, 0.6) is 5.75 Å². The highest BCUT2D eigenvalue weighted by atomic mass is 32.2. The lowest BCUT2D eigenvalue weighted by Crippen LogP contribution is -2.16. The molecule has 1 aromatic heterocycles. The van der Waals surface area contributed by atoms with Crippen molar-refractivity contribution in [1.29, 1.82) is 0 Å². The molecule has 0 radical (unpaired) electrons. The smallest absolute Gasteiger partial charge is 0.283 e. The van der Waals surface area contributed by atoms with Crippen LogP contribution < -0.4 is 4.74 Å². The maximum Gasteiger partial charge on any atom is 0.283 e. The Kier molecular flexibility index (Phi) is 4.37. The molecule has 0 aliphatic heterocycles. The molecule has 0 aliphatic carbocycles. The predicted molar refractivity (Wildman–Crippen MR) is 81.2 cm³/mol. The van der Waals surface area contributed by atoms with Crippen LogP contribution in [0.3, 0.4) is 0 Å². The summed E-state index contributed by atoms with van der Waals surface area (Å²) >= 11 is 0. The van der Waals surface area contributed by atoms with E-state index in [-0.39, 0.29) is 4.90 Å². The molecule has 0 bridgehead atoms. The van der Waals surface area contributed by atoms with E-state index in [9.17, 15) is 8.42 Å². The predicted octanol–water partition coefficient (Wildman–Crippen LogP) is 2.83. The van der Waals surface area contributed by atoms with Gasteiger partial charge < -0.3 is 4.74 Å². The van der Waals surface area contributed by atoms with Crippen LogP contribution in [0.4, 0.5) is 0 Å². The molecule has 2 aromatic rings. The molecule has 5 nitrogen and oxygen atoms in total. The Morgan fingerprint density at radius 3 is 2.43 bits per heavy atom. The lowest BCUT2D eigenvalue weighted by atomic mass is 10.2. The third-order valence-corrected chi connectivity index (χ3v) is 4.78. The van der Waals surface area contributed by atoms with Gasteiger partial charge in [0.15, 0.2) is 0 Å². The Hall–Kier alpha value is -1.82. The molecular formula is C15H20N2O3S. The van der Waals surface area contributed by atoms with Crippen LogP contribution in [0.25, 0.3) is 0 Å². The van der Waals surface area contributed by atoms with Gasteiger partial charge in [-0.3, -0.25) is 0 Å². The van der Waals surface area contributed by atoms with Crippen molar-refractivity contribution < 1.29 is 13.2 Å². The first-order valence-corrected chi connectivity index (χ1v) is 8.32. The molecule has 1 heterocycles. The summed E-state index contributed by atoms with van der Waals surface area (Å²) < 4.78 is 31.9. The highest BCUT2D eigenvalue weighted by Crippen LogP contribution is 2.24. The third-order valence-electron chi connectivity index (χ3n) is 3.10. The second-order valence-electron chi connectivity index (χ2n) is 5.05. The minimum absolute atomic E-state index is 0.218. The molecule has 2 rings (SSSR count). The fourth-order valence-corrected chi connectivity index (χ4v) is 3.54. The first-order valence-electron chi connectivity index (χ1n) is 6.88. The number of aromatic nitrogens is 2. The fraction of sp³-hybridized carbons (Fsp3) is 0.400. The van der Waals surface area contributed by atoms with E-state index in [1.165, 1.54) is 0 Å². The zero-order valence-corrected chi connectivity index (χ0v) is 13.6. The van der Waals surface area contributed by atoms with Crippen LogP contribution in [0, 0.1) is 20.8 Å². The number of nitrogens with zero attached hydrogens (tertiary/aromatic N) is 2. The van der Waals surface area contributed by atoms with E-state index in [1.807, 2.05) is 13.8 Å². The average molecular weight is 308 g/mol. The Balaban J connectivity index is 2.42. The first-order chi connectivity index (χ1) is 9.86. The number of hydrogen-bond donors (Lipinski definition) is 0. The SMILES string of the molecule is CCCOc1ccc(S(=O)(=O)n2nc(C)cc2C)cc1C. The summed E-state index contributed by atoms with van der Waals surface area (Å²) in [6.45, 7) is 7.97. The van der Waals surface area contributed by atoms with E-state index in [2.05, 4.69) is 5.10 Å². The van der Waals surface area contributed by atoms with Gasteiger partial charge in [0.1, 0.15) is 5.75 Å². The lowest BCUT2D eigenvalue weighted by molar-refractivity contribution is 0.315. The van der Waals surface area contributed by atoms with E-state index in [1.54, 1.807) is 38.1 Å². The average Bonchev–Trinajstić information content (AvgIpc) is 2.77. The Labute approximate surface area is 125 Å². The number of ether oxygens (including phenoxy) is 1. The molecule has 114 valence electrons. The molecule has 0 N–H and O–H groups in total. The fourth-order valence-electron chi connectivity index (χ4n) is 2.11. The standard InChI is InChI=1S/C15H20N2O3S/c1-5-8-20-15-7-6-14(9-11(15)2)21(18,19)17-13(4)10-12(3)16-17/h6-7,9-10H,5,8H2,1-4H3. The van der Waals surface area contributed by atoms with E-state index in [0.29, 0.717) is 23.7 Å². The van der Waals surface area contributed by atoms with Crippen molar-refractivity contribution in [3.8, 4) is 5.75 Å². The van der Waals surface area contributed by atoms with Gasteiger partial charge in [-0.2, -0.15) is 17.6 Å². The van der Waals surface area contributed by atoms with Crippen molar-refractivity contribution >= 4 is 10.0 Å². The van der Waals surface area contributed by atoms with Crippen molar-refractivity contribution in [1.82, 2.24) is 9.19 Å². The molecule has 0 spiro atoms. The topological polar surface area (TPSA) is 61.2 Å². The second-order valence-corrected chi connectivity index (χ2v) is 6.82. The lowest BCUT2D eigenvalue weighted by Gasteiger charge is -2.11. The molecule has 0 saturated heterocycles. The van der Waals surface area contributed by atoms with Crippen LogP contribution in [0.1, 0.15) is 30.3 Å². The highest BCUT2D eigenvalue weighted by molar-refractivity contribution is 7.89. The second kappa shape index (κ2) is 5.89. The van der Waals surface area contributed by atoms with E-state index in [0.717, 1.165) is 16.1 Å². The summed E-state index contributed by atoms with van der Waals surface area (Å²) in [5.74, 6) is 0.712. The van der Waals surface area contributed by atoms with Crippen LogP contribution in [-0.4, -0.2) is 24.2 Å². The van der Waals surface area contributed by atoms with Crippen molar-refractivity contribution in [3.05, 3.63) is 41.2 Å². The van der Waals surface area contributed by atoms with Gasteiger partial charge in [0.25, 0.3) is 10.0 Å². The molecule has 0 fully saturated rings. The molecular weight excluding hydrogens is 288 g/mol. The van der Waals surface area contributed by atoms with Gasteiger partial charge >= 0.3 is 0 Å². The number of benzene rings is 1. The summed E-state index contributed by atoms with van der Waals surface area (Å²) in [7, 11) is -3.66. The quantitative estimate of drug-likeness (QED) is 0.852. The molecule has 0 saturated carbocycles. The van der Waals surface area contributed by atoms with E-state index in [4.69, 9.17) is 4.74 Å². The highest BCUT2D eigenvalue weighted by Gasteiger charge is 2.21. The van der Waals surface area contributed by atoms with Crippen molar-refractivity contribution in [2.45, 2.75) is 39.0 Å². The normalized spacial score (nSPS) is 11.6. The maximum atomic E-state index is 12.6. The van der Waals surface area contributed by atoms with Crippen LogP contribution in [0.2, 0.25) is 0 Å². The molecule has 0 aliphatic rings. The molecule has 1 aromatic carbocycles. The monoisotopic (exact) mass is 308 g/mol. The summed E-state index contributed by atoms with van der Waals surface area (Å²) in [5.41, 5.74) is 2.07. The van der Waals surface area contributed by atoms with Gasteiger partial charge in [0.05, 0.1) is 22.9 Å². The molecule has 0 unspecified atom stereocenters. The molecule has 21 heavy (non-hydrogen) atoms. The number of aryl methyl sites for hydroxylation is 3. The molecule has 0 atom stereocenters. The van der Waals surface area contributed by atoms with Gasteiger partial charge in [-0.1, -0.05) is 6.92 Å². The largest absolute Gasteiger partial charge is 0.493 e. The zero-order chi connectivity index (χ0) is 15.6. The van der Waals surface area contributed by atoms with Gasteiger partial charge in [-0.25, -0.2) is 0 Å². The molecule has 0 amide bonds. The Morgan fingerprint density at radius 2 is 1.90 bits per heavy atom. The van der Waals surface area contributed by atoms with Crippen molar-refractivity contribution in [2.24, 2.45) is 0 Å². The summed E-state index contributed by atoms with van der Waals surface area (Å²) in [6, 6.07) is 6.62. The minimum atomic E-state index is -3.66. The van der Waals surface area contributed by atoms with Crippen LogP contribution in [0.15, 0.2) is 29.2 Å². The minimum Gasteiger partial charge on any atom is -0.493 e. The summed E-state index contributed by atoms with van der Waals surface area (Å²) in [5, 5.41) is 4.06. The summed E-state index contributed by atoms with van der Waals surface area (Å²) in [6.07, 6.45) is 0.908. The Morgan fingerprint density at radius 1 is 1.19 bits per heavy atom. The van der Waals surface area contributed by atoms with Gasteiger partial charge in [0.2, 0.25) is 0 Å². The van der Waals surface area contributed by atoms with Gasteiger partial charge in [-0.05, 0) is 57.0 Å². The van der Waals surface area contributed by atoms with E-state index < -0.39 is 10.0 Å². The van der Waals surface area contributed by atoms with Crippen LogP contribution >= 0.6 is 0 Å². The first kappa shape index (κ1) is 15.6. The molecule has 6 heteroatoms. The maximum absolute atomic E-state index is 12.6. The van der Waals surface area contributed by atoms with Gasteiger partial charge in [0, 0.05) is 0 Å². The number of rotatable bonds is 5. The van der Waals surface area contributed by atoms with E-state index >= 15 is 0 Å². The van der Waals surface area contributed by atoms with Crippen molar-refractivity contribution in [3.63, 3.8) is 0 Å². The zero-order valence-electron chi connectivity index (χ0n) is 12.8. The Bertz CT molecular complexity index is 748. The summed E-state index contributed by atoms with van der Waals surface area (Å²) in [4.78, 5) is 0.218. The van der Waals surface area contributed by atoms with Crippen LogP contribution in [-0.2, 0) is 10.0 Å².